The van der Waals surface area contributed by atoms with Gasteiger partial charge in [-0.1, -0.05) is 0 Å². The van der Waals surface area contributed by atoms with Crippen molar-refractivity contribution in [3.63, 3.8) is 0 Å². The van der Waals surface area contributed by atoms with Crippen LogP contribution in [-0.2, 0) is 61.0 Å². The Hall–Kier alpha value is -5.84. The van der Waals surface area contributed by atoms with Crippen molar-refractivity contribution >= 4 is 57.1 Å². The van der Waals surface area contributed by atoms with Gasteiger partial charge in [0.25, 0.3) is 0 Å². The van der Waals surface area contributed by atoms with Crippen LogP contribution in [0.25, 0.3) is 10.1 Å². The molecular weight excluding hydrogens is 945 g/mol. The van der Waals surface area contributed by atoms with Crippen LogP contribution in [0.3, 0.4) is 0 Å². The molecule has 0 unspecified atom stereocenters. The standard InChI is InChI=1S/C48H65F2N3O16S/c1-29(26-52-38(55)15-19-62-21-22-63-20-16-51-46(59)67-47(2,3)4)66-40(57)13-11-33(54)37-24-31-36(70-37)25-35(61-9)45(42(31)49)65-18-10-17-64-44-34(60-8)23-30-27-53(28-32(30)43(44)50)39(56)12-14-41(58)68-69-48(5,6)7/h23-25,29H,10-22,26-28H2,1-9H3,(H,51,59)(H,52,55)/t29-/m0/s1. The molecule has 388 valence electrons. The van der Waals surface area contributed by atoms with Gasteiger partial charge in [0.05, 0.1) is 78.1 Å². The highest BCUT2D eigenvalue weighted by Crippen LogP contribution is 2.41. The lowest BCUT2D eigenvalue weighted by Crippen LogP contribution is -2.34. The van der Waals surface area contributed by atoms with Gasteiger partial charge in [0.1, 0.15) is 17.3 Å². The molecule has 1 atom stereocenters. The van der Waals surface area contributed by atoms with Gasteiger partial charge in [-0.05, 0) is 66.2 Å². The summed E-state index contributed by atoms with van der Waals surface area (Å²) in [5, 5.41) is 5.36. The number of nitrogens with one attached hydrogen (secondary N) is 2. The second-order valence-electron chi connectivity index (χ2n) is 18.0. The Morgan fingerprint density at radius 1 is 0.729 bits per heavy atom. The van der Waals surface area contributed by atoms with E-state index >= 15 is 8.78 Å². The van der Waals surface area contributed by atoms with Gasteiger partial charge in [0, 0.05) is 67.0 Å². The largest absolute Gasteiger partial charge is 0.493 e. The molecule has 2 N–H and O–H groups in total. The fourth-order valence-electron chi connectivity index (χ4n) is 6.47. The summed E-state index contributed by atoms with van der Waals surface area (Å²) in [6.07, 6.45) is -1.77. The van der Waals surface area contributed by atoms with Crippen LogP contribution in [0.2, 0.25) is 0 Å². The molecule has 3 amide bonds. The summed E-state index contributed by atoms with van der Waals surface area (Å²) in [6.45, 7) is 13.2. The third-order valence-corrected chi connectivity index (χ3v) is 10.9. The van der Waals surface area contributed by atoms with E-state index in [0.29, 0.717) is 10.3 Å². The first kappa shape index (κ1) is 56.7. The fraction of sp³-hybridized carbons (Fsp3) is 0.583. The lowest BCUT2D eigenvalue weighted by Gasteiger charge is -2.19. The molecule has 0 fully saturated rings. The number of alkyl carbamates (subject to hydrolysis) is 1. The van der Waals surface area contributed by atoms with E-state index in [0.717, 1.165) is 11.3 Å². The molecule has 2 aromatic carbocycles. The topological polar surface area (TPSA) is 222 Å². The average molecular weight is 1010 g/mol. The summed E-state index contributed by atoms with van der Waals surface area (Å²) < 4.78 is 75.7. The number of amides is 3. The smallest absolute Gasteiger partial charge is 0.407 e. The molecule has 0 radical (unpaired) electrons. The number of carbonyl (C=O) groups excluding carboxylic acids is 6. The molecule has 0 spiro atoms. The molecule has 0 saturated carbocycles. The summed E-state index contributed by atoms with van der Waals surface area (Å²) in [7, 11) is 2.70. The van der Waals surface area contributed by atoms with Gasteiger partial charge in [-0.2, -0.15) is 4.89 Å². The molecule has 4 rings (SSSR count). The van der Waals surface area contributed by atoms with E-state index < -0.39 is 52.8 Å². The zero-order valence-electron chi connectivity index (χ0n) is 41.3. The van der Waals surface area contributed by atoms with Crippen LogP contribution in [0.15, 0.2) is 18.2 Å². The Morgan fingerprint density at radius 3 is 2.03 bits per heavy atom. The van der Waals surface area contributed by atoms with Crippen LogP contribution in [0.4, 0.5) is 13.6 Å². The molecule has 1 aliphatic heterocycles. The van der Waals surface area contributed by atoms with E-state index in [-0.39, 0.29) is 155 Å². The van der Waals surface area contributed by atoms with Gasteiger partial charge in [-0.15, -0.1) is 11.3 Å². The fourth-order valence-corrected chi connectivity index (χ4v) is 7.52. The van der Waals surface area contributed by atoms with Crippen molar-refractivity contribution in [3.8, 4) is 23.0 Å². The predicted molar refractivity (Wildman–Crippen MR) is 250 cm³/mol. The normalized spacial score (nSPS) is 12.8. The van der Waals surface area contributed by atoms with E-state index in [9.17, 15) is 28.8 Å². The summed E-state index contributed by atoms with van der Waals surface area (Å²) in [5.41, 5.74) is -0.508. The number of rotatable bonds is 28. The van der Waals surface area contributed by atoms with Gasteiger partial charge in [0.15, 0.2) is 40.4 Å². The Labute approximate surface area is 409 Å². The number of thiophene rings is 1. The highest BCUT2D eigenvalue weighted by Gasteiger charge is 2.31. The van der Waals surface area contributed by atoms with Crippen LogP contribution in [0.5, 0.6) is 23.0 Å². The van der Waals surface area contributed by atoms with Gasteiger partial charge >= 0.3 is 18.0 Å². The Bertz CT molecular complexity index is 2290. The molecule has 0 aliphatic carbocycles. The number of esters is 1. The third kappa shape index (κ3) is 18.5. The molecular formula is C48H65F2N3O16S. The Balaban J connectivity index is 1.16. The number of carbonyl (C=O) groups is 6. The molecule has 3 aromatic rings. The van der Waals surface area contributed by atoms with E-state index in [1.165, 1.54) is 25.2 Å². The zero-order chi connectivity index (χ0) is 51.6. The molecule has 1 aliphatic rings. The number of ether oxygens (including phenoxy) is 8. The number of halogens is 2. The molecule has 0 saturated heterocycles. The number of benzene rings is 2. The lowest BCUT2D eigenvalue weighted by atomic mass is 10.1. The van der Waals surface area contributed by atoms with Crippen LogP contribution >= 0.6 is 11.3 Å². The SMILES string of the molecule is COc1cc2c(c(F)c1OCCCOc1c(OC)cc3sc(C(=O)CCC(=O)O[C@@H](C)CNC(=O)CCOCCOCCNC(=O)OC(C)(C)C)cc3c1F)CN(C(=O)CCC(=O)OOC(C)(C)C)C2. The highest BCUT2D eigenvalue weighted by molar-refractivity contribution is 7.20. The Kier molecular flexibility index (Phi) is 21.8. The van der Waals surface area contributed by atoms with Gasteiger partial charge in [-0.3, -0.25) is 24.1 Å². The van der Waals surface area contributed by atoms with E-state index in [1.807, 2.05) is 0 Å². The van der Waals surface area contributed by atoms with Crippen LogP contribution in [0, 0.1) is 11.6 Å². The minimum absolute atomic E-state index is 0.0395. The molecule has 2 heterocycles. The van der Waals surface area contributed by atoms with Crippen molar-refractivity contribution in [2.75, 3.05) is 67.0 Å². The van der Waals surface area contributed by atoms with Crippen molar-refractivity contribution in [2.24, 2.45) is 0 Å². The highest BCUT2D eigenvalue weighted by atomic mass is 32.1. The van der Waals surface area contributed by atoms with Crippen molar-refractivity contribution in [1.82, 2.24) is 15.5 Å². The van der Waals surface area contributed by atoms with Gasteiger partial charge in [0.2, 0.25) is 11.8 Å². The van der Waals surface area contributed by atoms with E-state index in [4.69, 9.17) is 47.7 Å². The third-order valence-electron chi connectivity index (χ3n) is 9.79. The van der Waals surface area contributed by atoms with Crippen molar-refractivity contribution in [3.05, 3.63) is 45.8 Å². The second-order valence-corrected chi connectivity index (χ2v) is 19.1. The first-order valence-electron chi connectivity index (χ1n) is 22.8. The average Bonchev–Trinajstić information content (AvgIpc) is 3.94. The first-order chi connectivity index (χ1) is 33.1. The number of hydrogen-bond donors (Lipinski definition) is 2. The summed E-state index contributed by atoms with van der Waals surface area (Å²) in [5.74, 6) is -4.05. The minimum Gasteiger partial charge on any atom is -0.493 e. The molecule has 22 heteroatoms. The number of nitrogens with zero attached hydrogens (tertiary/aromatic N) is 1. The molecule has 1 aromatic heterocycles. The first-order valence-corrected chi connectivity index (χ1v) is 23.6. The molecule has 70 heavy (non-hydrogen) atoms. The Morgan fingerprint density at radius 2 is 1.37 bits per heavy atom. The maximum absolute atomic E-state index is 15.9. The van der Waals surface area contributed by atoms with Gasteiger partial charge in [-0.25, -0.2) is 18.4 Å². The number of Topliss-reactive ketones (excluding diaryl/α,β-unsaturated/α-hetero) is 1. The van der Waals surface area contributed by atoms with Crippen molar-refractivity contribution < 1.29 is 85.2 Å². The van der Waals surface area contributed by atoms with Crippen LogP contribution in [-0.4, -0.2) is 125 Å². The molecule has 0 bridgehead atoms. The predicted octanol–water partition coefficient (Wildman–Crippen LogP) is 6.90. The lowest BCUT2D eigenvalue weighted by molar-refractivity contribution is -0.320. The number of ketones is 1. The van der Waals surface area contributed by atoms with Gasteiger partial charge < -0.3 is 53.4 Å². The summed E-state index contributed by atoms with van der Waals surface area (Å²) in [4.78, 5) is 85.8. The van der Waals surface area contributed by atoms with Crippen molar-refractivity contribution in [1.29, 1.82) is 0 Å². The number of fused-ring (bicyclic) bond motifs is 2. The zero-order valence-corrected chi connectivity index (χ0v) is 42.1. The number of hydrogen-bond acceptors (Lipinski definition) is 17. The van der Waals surface area contributed by atoms with Crippen molar-refractivity contribution in [2.45, 2.75) is 117 Å². The maximum atomic E-state index is 15.9. The maximum Gasteiger partial charge on any atom is 0.407 e. The monoisotopic (exact) mass is 1010 g/mol. The summed E-state index contributed by atoms with van der Waals surface area (Å²) in [6, 6.07) is 4.52. The number of methoxy groups -OCH3 is 2. The minimum atomic E-state index is -0.761. The van der Waals surface area contributed by atoms with Crippen LogP contribution in [0.1, 0.15) is 108 Å². The molecule has 19 nitrogen and oxygen atoms in total. The van der Waals surface area contributed by atoms with E-state index in [2.05, 4.69) is 10.6 Å². The second kappa shape index (κ2) is 26.9. The van der Waals surface area contributed by atoms with E-state index in [1.54, 1.807) is 60.6 Å². The van der Waals surface area contributed by atoms with Crippen LogP contribution < -0.4 is 29.6 Å². The quantitative estimate of drug-likeness (QED) is 0.0248. The summed E-state index contributed by atoms with van der Waals surface area (Å²) >= 11 is 1.03.